The van der Waals surface area contributed by atoms with E-state index < -0.39 is 6.10 Å². The molecule has 0 bridgehead atoms. The lowest BCUT2D eigenvalue weighted by molar-refractivity contribution is 0.124. The summed E-state index contributed by atoms with van der Waals surface area (Å²) in [4.78, 5) is 2.60. The third kappa shape index (κ3) is 4.00. The first-order chi connectivity index (χ1) is 8.97. The second-order valence-electron chi connectivity index (χ2n) is 5.70. The highest BCUT2D eigenvalue weighted by molar-refractivity contribution is 7.80. The van der Waals surface area contributed by atoms with Gasteiger partial charge in [0.1, 0.15) is 4.99 Å². The Balaban J connectivity index is 1.87. The molecule has 0 aliphatic heterocycles. The number of hydrogen-bond donors (Lipinski definition) is 2. The molecule has 3 atom stereocenters. The molecular formula is C15H22N2OS. The van der Waals surface area contributed by atoms with Crippen LogP contribution in [0.25, 0.3) is 0 Å². The van der Waals surface area contributed by atoms with Gasteiger partial charge in [0, 0.05) is 18.7 Å². The van der Waals surface area contributed by atoms with Gasteiger partial charge in [-0.3, -0.25) is 0 Å². The second-order valence-corrected chi connectivity index (χ2v) is 6.14. The van der Waals surface area contributed by atoms with Gasteiger partial charge in [0.05, 0.1) is 6.10 Å². The van der Waals surface area contributed by atoms with Gasteiger partial charge in [-0.2, -0.15) is 0 Å². The topological polar surface area (TPSA) is 49.5 Å². The molecule has 0 amide bonds. The summed E-state index contributed by atoms with van der Waals surface area (Å²) < 4.78 is 0. The van der Waals surface area contributed by atoms with Crippen LogP contribution in [0.5, 0.6) is 0 Å². The summed E-state index contributed by atoms with van der Waals surface area (Å²) in [5, 5.41) is 10.2. The van der Waals surface area contributed by atoms with Crippen LogP contribution >= 0.6 is 12.2 Å². The van der Waals surface area contributed by atoms with Crippen molar-refractivity contribution in [2.24, 2.45) is 17.6 Å². The van der Waals surface area contributed by atoms with Crippen molar-refractivity contribution in [1.82, 2.24) is 4.90 Å². The van der Waals surface area contributed by atoms with E-state index in [-0.39, 0.29) is 0 Å². The van der Waals surface area contributed by atoms with Gasteiger partial charge in [-0.1, -0.05) is 43.4 Å². The highest BCUT2D eigenvalue weighted by Gasteiger charge is 2.33. The maximum Gasteiger partial charge on any atom is 0.103 e. The lowest BCUT2D eigenvalue weighted by Crippen LogP contribution is -2.27. The lowest BCUT2D eigenvalue weighted by Gasteiger charge is -2.21. The quantitative estimate of drug-likeness (QED) is 0.781. The molecule has 104 valence electrons. The Morgan fingerprint density at radius 1 is 1.47 bits per heavy atom. The van der Waals surface area contributed by atoms with E-state index in [0.717, 1.165) is 29.5 Å². The van der Waals surface area contributed by atoms with Gasteiger partial charge in [0.25, 0.3) is 0 Å². The smallest absolute Gasteiger partial charge is 0.103 e. The molecule has 1 saturated carbocycles. The fourth-order valence-corrected chi connectivity index (χ4v) is 2.53. The van der Waals surface area contributed by atoms with Crippen LogP contribution in [0.1, 0.15) is 30.6 Å². The van der Waals surface area contributed by atoms with E-state index in [0.29, 0.717) is 11.5 Å². The molecule has 0 aromatic heterocycles. The minimum Gasteiger partial charge on any atom is -0.389 e. The van der Waals surface area contributed by atoms with Gasteiger partial charge >= 0.3 is 0 Å². The van der Waals surface area contributed by atoms with Crippen molar-refractivity contribution < 1.29 is 5.11 Å². The zero-order valence-corrected chi connectivity index (χ0v) is 12.4. The fraction of sp³-hybridized carbons (Fsp3) is 0.533. The number of aliphatic hydroxyl groups excluding tert-OH is 1. The van der Waals surface area contributed by atoms with Crippen molar-refractivity contribution in [3.8, 4) is 0 Å². The van der Waals surface area contributed by atoms with Crippen LogP contribution in [0.4, 0.5) is 0 Å². The largest absolute Gasteiger partial charge is 0.389 e. The minimum absolute atomic E-state index is 0.390. The predicted molar refractivity (Wildman–Crippen MR) is 82.1 cm³/mol. The summed E-state index contributed by atoms with van der Waals surface area (Å²) in [6, 6.07) is 7.52. The summed E-state index contributed by atoms with van der Waals surface area (Å²) >= 11 is 4.91. The van der Waals surface area contributed by atoms with Gasteiger partial charge in [-0.25, -0.2) is 0 Å². The average molecular weight is 278 g/mol. The number of rotatable bonds is 6. The monoisotopic (exact) mass is 278 g/mol. The Labute approximate surface area is 120 Å². The summed E-state index contributed by atoms with van der Waals surface area (Å²) in [6.07, 6.45) is 0.864. The van der Waals surface area contributed by atoms with Crippen LogP contribution in [0.15, 0.2) is 24.3 Å². The first kappa shape index (κ1) is 14.4. The van der Waals surface area contributed by atoms with Crippen molar-refractivity contribution in [2.75, 3.05) is 20.1 Å². The molecule has 0 heterocycles. The number of likely N-dealkylation sites (N-methyl/N-ethyl adjacent to an activating group) is 1. The summed E-state index contributed by atoms with van der Waals surface area (Å²) in [6.45, 7) is 4.02. The summed E-state index contributed by atoms with van der Waals surface area (Å²) in [5.74, 6) is 1.67. The maximum absolute atomic E-state index is 10.2. The Kier molecular flexibility index (Phi) is 4.55. The van der Waals surface area contributed by atoms with Crippen molar-refractivity contribution in [1.29, 1.82) is 0 Å². The van der Waals surface area contributed by atoms with Gasteiger partial charge in [0.15, 0.2) is 0 Å². The van der Waals surface area contributed by atoms with Crippen LogP contribution in [0.2, 0.25) is 0 Å². The molecule has 4 heteroatoms. The van der Waals surface area contributed by atoms with E-state index in [9.17, 15) is 5.11 Å². The Bertz CT molecular complexity index is 446. The number of nitrogens with two attached hydrogens (primary N) is 1. The number of benzene rings is 1. The van der Waals surface area contributed by atoms with E-state index >= 15 is 0 Å². The molecule has 1 aliphatic carbocycles. The number of nitrogens with zero attached hydrogens (tertiary/aromatic N) is 1. The van der Waals surface area contributed by atoms with Gasteiger partial charge < -0.3 is 15.7 Å². The van der Waals surface area contributed by atoms with Crippen LogP contribution in [0, 0.1) is 11.8 Å². The molecule has 3 nitrogen and oxygen atoms in total. The van der Waals surface area contributed by atoms with Crippen molar-refractivity contribution in [2.45, 2.75) is 19.4 Å². The molecule has 3 N–H and O–H groups in total. The standard InChI is InChI=1S/C15H22N2OS/c1-10-7-13(10)8-17(2)9-14(18)11-3-5-12(6-4-11)15(16)19/h3-6,10,13-14,18H,7-9H2,1-2H3,(H2,16,19). The molecule has 1 aromatic carbocycles. The molecule has 1 aromatic rings. The van der Waals surface area contributed by atoms with Crippen molar-refractivity contribution in [3.05, 3.63) is 35.4 Å². The van der Waals surface area contributed by atoms with Gasteiger partial charge in [0.2, 0.25) is 0 Å². The van der Waals surface area contributed by atoms with Crippen LogP contribution < -0.4 is 5.73 Å². The number of thiocarbonyl (C=S) groups is 1. The molecule has 3 unspecified atom stereocenters. The van der Waals surface area contributed by atoms with E-state index in [1.807, 2.05) is 24.3 Å². The van der Waals surface area contributed by atoms with E-state index in [2.05, 4.69) is 18.9 Å². The third-order valence-corrected chi connectivity index (χ3v) is 4.12. The van der Waals surface area contributed by atoms with E-state index in [1.54, 1.807) is 0 Å². The molecule has 0 spiro atoms. The minimum atomic E-state index is -0.459. The lowest BCUT2D eigenvalue weighted by atomic mass is 10.1. The highest BCUT2D eigenvalue weighted by atomic mass is 32.1. The number of aliphatic hydroxyl groups is 1. The van der Waals surface area contributed by atoms with Gasteiger partial charge in [-0.15, -0.1) is 0 Å². The van der Waals surface area contributed by atoms with E-state index in [4.69, 9.17) is 18.0 Å². The van der Waals surface area contributed by atoms with Gasteiger partial charge in [-0.05, 0) is 30.9 Å². The number of hydrogen-bond acceptors (Lipinski definition) is 3. The second kappa shape index (κ2) is 5.99. The SMILES string of the molecule is CC1CC1CN(C)CC(O)c1ccc(C(N)=S)cc1. The molecule has 19 heavy (non-hydrogen) atoms. The Hall–Kier alpha value is -0.970. The molecule has 1 aliphatic rings. The fourth-order valence-electron chi connectivity index (χ4n) is 2.40. The molecular weight excluding hydrogens is 256 g/mol. The van der Waals surface area contributed by atoms with Crippen LogP contribution in [-0.2, 0) is 0 Å². The first-order valence-electron chi connectivity index (χ1n) is 6.73. The van der Waals surface area contributed by atoms with Crippen molar-refractivity contribution >= 4 is 17.2 Å². The molecule has 1 fully saturated rings. The Morgan fingerprint density at radius 3 is 2.53 bits per heavy atom. The summed E-state index contributed by atoms with van der Waals surface area (Å²) in [5.41, 5.74) is 7.31. The normalized spacial score (nSPS) is 23.4. The zero-order valence-electron chi connectivity index (χ0n) is 11.5. The van der Waals surface area contributed by atoms with E-state index in [1.165, 1.54) is 6.42 Å². The Morgan fingerprint density at radius 2 is 2.05 bits per heavy atom. The van der Waals surface area contributed by atoms with Crippen LogP contribution in [-0.4, -0.2) is 35.1 Å². The predicted octanol–water partition coefficient (Wildman–Crippen LogP) is 1.94. The first-order valence-corrected chi connectivity index (χ1v) is 7.14. The summed E-state index contributed by atoms with van der Waals surface area (Å²) in [7, 11) is 2.07. The molecule has 0 saturated heterocycles. The maximum atomic E-state index is 10.2. The average Bonchev–Trinajstić information content (AvgIpc) is 3.04. The molecule has 2 rings (SSSR count). The third-order valence-electron chi connectivity index (χ3n) is 3.89. The van der Waals surface area contributed by atoms with Crippen LogP contribution in [0.3, 0.4) is 0 Å². The van der Waals surface area contributed by atoms with Crippen molar-refractivity contribution in [3.63, 3.8) is 0 Å². The zero-order chi connectivity index (χ0) is 14.0. The molecule has 0 radical (unpaired) electrons. The highest BCUT2D eigenvalue weighted by Crippen LogP contribution is 2.38.